The van der Waals surface area contributed by atoms with Gasteiger partial charge in [0.1, 0.15) is 0 Å². The smallest absolute Gasteiger partial charge is 0.169 e. The van der Waals surface area contributed by atoms with E-state index < -0.39 is 0 Å². The van der Waals surface area contributed by atoms with Crippen LogP contribution in [0.3, 0.4) is 0 Å². The Hall–Kier alpha value is -2.10. The molecule has 4 heteroatoms. The number of anilines is 2. The van der Waals surface area contributed by atoms with Crippen LogP contribution in [0.4, 0.5) is 11.5 Å². The van der Waals surface area contributed by atoms with Crippen molar-refractivity contribution in [2.45, 2.75) is 33.6 Å². The number of benzene rings is 1. The molecule has 104 valence electrons. The van der Waals surface area contributed by atoms with Crippen LogP contribution in [0.25, 0.3) is 0 Å². The van der Waals surface area contributed by atoms with E-state index in [-0.39, 0.29) is 11.2 Å². The lowest BCUT2D eigenvalue weighted by atomic mass is 9.76. The Morgan fingerprint density at radius 3 is 2.75 bits per heavy atom. The Balaban J connectivity index is 1.96. The molecule has 0 fully saturated rings. The minimum atomic E-state index is 0.0105. The minimum absolute atomic E-state index is 0.0105. The highest BCUT2D eigenvalue weighted by Gasteiger charge is 2.34. The average molecular weight is 269 g/mol. The van der Waals surface area contributed by atoms with Crippen molar-refractivity contribution >= 4 is 17.3 Å². The molecule has 1 aromatic carbocycles. The van der Waals surface area contributed by atoms with Gasteiger partial charge in [-0.05, 0) is 30.4 Å². The maximum atomic E-state index is 12.4. The first-order chi connectivity index (χ1) is 9.46. The molecule has 2 aromatic rings. The molecule has 1 aliphatic rings. The maximum absolute atomic E-state index is 12.4. The molecule has 0 aliphatic heterocycles. The summed E-state index contributed by atoms with van der Waals surface area (Å²) >= 11 is 0. The number of Topliss-reactive ketones (excluding diaryl/α,β-unsaturated/α-hetero) is 1. The van der Waals surface area contributed by atoms with Gasteiger partial charge in [0.25, 0.3) is 0 Å². The summed E-state index contributed by atoms with van der Waals surface area (Å²) in [6.07, 6.45) is 1.43. The number of para-hydroxylation sites is 1. The minimum Gasteiger partial charge on any atom is -0.338 e. The quantitative estimate of drug-likeness (QED) is 0.875. The summed E-state index contributed by atoms with van der Waals surface area (Å²) in [7, 11) is 0. The summed E-state index contributed by atoms with van der Waals surface area (Å²) in [5.41, 5.74) is 3.80. The number of carbonyl (C=O) groups excluding carboxylic acids is 1. The van der Waals surface area contributed by atoms with Crippen LogP contribution in [0.1, 0.15) is 41.9 Å². The van der Waals surface area contributed by atoms with Crippen LogP contribution in [0.5, 0.6) is 0 Å². The predicted octanol–water partition coefficient (Wildman–Crippen LogP) is 3.62. The first-order valence-corrected chi connectivity index (χ1v) is 6.89. The van der Waals surface area contributed by atoms with Gasteiger partial charge in [-0.15, -0.1) is 0 Å². The third-order valence-corrected chi connectivity index (χ3v) is 3.81. The molecule has 1 heterocycles. The Kier molecular flexibility index (Phi) is 2.89. The highest BCUT2D eigenvalue weighted by atomic mass is 16.1. The fourth-order valence-corrected chi connectivity index (χ4v) is 2.80. The molecule has 0 unspecified atom stereocenters. The number of hydrogen-bond acceptors (Lipinski definition) is 3. The van der Waals surface area contributed by atoms with Gasteiger partial charge in [0.15, 0.2) is 11.6 Å². The molecule has 2 N–H and O–H groups in total. The first-order valence-electron chi connectivity index (χ1n) is 6.89. The molecule has 0 bridgehead atoms. The van der Waals surface area contributed by atoms with E-state index in [0.29, 0.717) is 12.2 Å². The number of carbonyl (C=O) groups is 1. The second-order valence-electron chi connectivity index (χ2n) is 6.31. The number of hydrogen-bond donors (Lipinski definition) is 2. The number of nitrogens with zero attached hydrogens (tertiary/aromatic N) is 1. The Labute approximate surface area is 118 Å². The number of nitrogens with one attached hydrogen (secondary N) is 2. The number of aromatic amines is 1. The number of ketones is 1. The molecule has 3 rings (SSSR count). The molecule has 0 saturated heterocycles. The van der Waals surface area contributed by atoms with Gasteiger partial charge in [0.05, 0.1) is 5.56 Å². The predicted molar refractivity (Wildman–Crippen MR) is 79.5 cm³/mol. The van der Waals surface area contributed by atoms with Gasteiger partial charge in [0.2, 0.25) is 0 Å². The van der Waals surface area contributed by atoms with Crippen molar-refractivity contribution in [1.82, 2.24) is 10.2 Å². The molecule has 20 heavy (non-hydrogen) atoms. The van der Waals surface area contributed by atoms with Gasteiger partial charge in [-0.2, -0.15) is 5.10 Å². The maximum Gasteiger partial charge on any atom is 0.169 e. The van der Waals surface area contributed by atoms with Crippen LogP contribution in [0, 0.1) is 12.3 Å². The number of aryl methyl sites for hydroxylation is 1. The Morgan fingerprint density at radius 2 is 2.00 bits per heavy atom. The molecule has 1 aromatic heterocycles. The van der Waals surface area contributed by atoms with Crippen LogP contribution in [0.15, 0.2) is 24.3 Å². The van der Waals surface area contributed by atoms with E-state index in [9.17, 15) is 4.79 Å². The number of fused-ring (bicyclic) bond motifs is 1. The van der Waals surface area contributed by atoms with E-state index in [1.807, 2.05) is 31.2 Å². The molecule has 1 aliphatic carbocycles. The monoisotopic (exact) mass is 269 g/mol. The van der Waals surface area contributed by atoms with Crippen LogP contribution in [0.2, 0.25) is 0 Å². The van der Waals surface area contributed by atoms with Gasteiger partial charge >= 0.3 is 0 Å². The molecule has 0 radical (unpaired) electrons. The van der Waals surface area contributed by atoms with Crippen molar-refractivity contribution in [2.24, 2.45) is 5.41 Å². The summed E-state index contributed by atoms with van der Waals surface area (Å²) in [6.45, 7) is 6.26. The Morgan fingerprint density at radius 1 is 1.25 bits per heavy atom. The van der Waals surface area contributed by atoms with E-state index in [0.717, 1.165) is 28.9 Å². The van der Waals surface area contributed by atoms with Gasteiger partial charge in [-0.3, -0.25) is 9.89 Å². The second kappa shape index (κ2) is 4.47. The van der Waals surface area contributed by atoms with E-state index >= 15 is 0 Å². The Bertz CT molecular complexity index is 670. The fourth-order valence-electron chi connectivity index (χ4n) is 2.80. The molecule has 0 saturated carbocycles. The highest BCUT2D eigenvalue weighted by molar-refractivity contribution is 6.03. The standard InChI is InChI=1S/C16H19N3O/c1-10-6-4-5-7-11(10)17-15-14-12(18-19-15)8-16(2,3)9-13(14)20/h4-7H,8-9H2,1-3H3,(H2,17,18,19). The SMILES string of the molecule is Cc1ccccc1Nc1n[nH]c2c1C(=O)CC(C)(C)C2. The van der Waals surface area contributed by atoms with E-state index in [4.69, 9.17) is 0 Å². The summed E-state index contributed by atoms with van der Waals surface area (Å²) in [6, 6.07) is 7.99. The van der Waals surface area contributed by atoms with E-state index in [2.05, 4.69) is 29.4 Å². The van der Waals surface area contributed by atoms with Crippen molar-refractivity contribution in [1.29, 1.82) is 0 Å². The summed E-state index contributed by atoms with van der Waals surface area (Å²) < 4.78 is 0. The van der Waals surface area contributed by atoms with Crippen LogP contribution >= 0.6 is 0 Å². The van der Waals surface area contributed by atoms with Crippen LogP contribution in [-0.2, 0) is 6.42 Å². The van der Waals surface area contributed by atoms with E-state index in [1.165, 1.54) is 0 Å². The normalized spacial score (nSPS) is 16.9. The largest absolute Gasteiger partial charge is 0.338 e. The van der Waals surface area contributed by atoms with Crippen LogP contribution in [-0.4, -0.2) is 16.0 Å². The van der Waals surface area contributed by atoms with Gasteiger partial charge in [0, 0.05) is 17.8 Å². The zero-order valence-electron chi connectivity index (χ0n) is 12.1. The fraction of sp³-hybridized carbons (Fsp3) is 0.375. The van der Waals surface area contributed by atoms with Gasteiger partial charge in [-0.25, -0.2) is 0 Å². The van der Waals surface area contributed by atoms with Crippen LogP contribution < -0.4 is 5.32 Å². The molecule has 4 nitrogen and oxygen atoms in total. The highest BCUT2D eigenvalue weighted by Crippen LogP contribution is 2.37. The van der Waals surface area contributed by atoms with Crippen molar-refractivity contribution < 1.29 is 4.79 Å². The average Bonchev–Trinajstić information content (AvgIpc) is 2.73. The third-order valence-electron chi connectivity index (χ3n) is 3.81. The topological polar surface area (TPSA) is 57.8 Å². The lowest BCUT2D eigenvalue weighted by Crippen LogP contribution is -2.26. The van der Waals surface area contributed by atoms with Gasteiger partial charge in [-0.1, -0.05) is 32.0 Å². The molecule has 0 spiro atoms. The summed E-state index contributed by atoms with van der Waals surface area (Å²) in [4.78, 5) is 12.4. The summed E-state index contributed by atoms with van der Waals surface area (Å²) in [5, 5.41) is 10.6. The van der Waals surface area contributed by atoms with Crippen molar-refractivity contribution in [3.8, 4) is 0 Å². The summed E-state index contributed by atoms with van der Waals surface area (Å²) in [5.74, 6) is 0.816. The number of rotatable bonds is 2. The van der Waals surface area contributed by atoms with Crippen molar-refractivity contribution in [2.75, 3.05) is 5.32 Å². The molecule has 0 amide bonds. The molecular formula is C16H19N3O. The van der Waals surface area contributed by atoms with E-state index in [1.54, 1.807) is 0 Å². The zero-order chi connectivity index (χ0) is 14.3. The number of aromatic nitrogens is 2. The van der Waals surface area contributed by atoms with Gasteiger partial charge < -0.3 is 5.32 Å². The lowest BCUT2D eigenvalue weighted by Gasteiger charge is -2.27. The third kappa shape index (κ3) is 2.22. The lowest BCUT2D eigenvalue weighted by molar-refractivity contribution is 0.0912. The zero-order valence-corrected chi connectivity index (χ0v) is 12.1. The van der Waals surface area contributed by atoms with Crippen molar-refractivity contribution in [3.63, 3.8) is 0 Å². The molecule has 0 atom stereocenters. The number of H-pyrrole nitrogens is 1. The van der Waals surface area contributed by atoms with Crippen molar-refractivity contribution in [3.05, 3.63) is 41.1 Å². The molecular weight excluding hydrogens is 250 g/mol. The first kappa shape index (κ1) is 12.9. The second-order valence-corrected chi connectivity index (χ2v) is 6.31.